The Hall–Kier alpha value is -3.85. The second-order valence-corrected chi connectivity index (χ2v) is 12.6. The lowest BCUT2D eigenvalue weighted by atomic mass is 9.93. The van der Waals surface area contributed by atoms with Crippen LogP contribution in [0.5, 0.6) is 5.75 Å². The maximum absolute atomic E-state index is 13.3. The third-order valence-corrected chi connectivity index (χ3v) is 7.79. The zero-order chi connectivity index (χ0) is 27.2. The molecule has 1 fully saturated rings. The first-order chi connectivity index (χ1) is 17.9. The Labute approximate surface area is 222 Å². The number of fused-ring (bicyclic) bond motifs is 1. The minimum absolute atomic E-state index is 0.0225. The van der Waals surface area contributed by atoms with Gasteiger partial charge in [0.1, 0.15) is 5.75 Å². The van der Waals surface area contributed by atoms with Gasteiger partial charge in [0.25, 0.3) is 11.8 Å². The highest BCUT2D eigenvalue weighted by Gasteiger charge is 2.32. The highest BCUT2D eigenvalue weighted by Crippen LogP contribution is 2.34. The number of hydrogen-bond acceptors (Lipinski definition) is 5. The topological polar surface area (TPSA) is 107 Å². The molecule has 2 N–H and O–H groups in total. The fourth-order valence-electron chi connectivity index (χ4n) is 5.16. The molecule has 0 aliphatic carbocycles. The van der Waals surface area contributed by atoms with Crippen molar-refractivity contribution in [3.63, 3.8) is 0 Å². The summed E-state index contributed by atoms with van der Waals surface area (Å²) in [4.78, 5) is 29.7. The van der Waals surface area contributed by atoms with Crippen molar-refractivity contribution in [2.45, 2.75) is 26.7 Å². The Bertz CT molecular complexity index is 1530. The predicted molar refractivity (Wildman–Crippen MR) is 148 cm³/mol. The Balaban J connectivity index is 1.34. The summed E-state index contributed by atoms with van der Waals surface area (Å²) in [6, 6.07) is 17.7. The first-order valence-electron chi connectivity index (χ1n) is 12.6. The van der Waals surface area contributed by atoms with Gasteiger partial charge in [-0.15, -0.1) is 0 Å². The normalized spacial score (nSPS) is 16.9. The number of carbonyl (C=O) groups is 2. The molecule has 5 rings (SSSR count). The van der Waals surface area contributed by atoms with Crippen LogP contribution in [0.2, 0.25) is 0 Å². The van der Waals surface area contributed by atoms with E-state index in [0.717, 1.165) is 42.5 Å². The Morgan fingerprint density at radius 2 is 1.68 bits per heavy atom. The number of anilines is 2. The van der Waals surface area contributed by atoms with Crippen LogP contribution in [0.4, 0.5) is 11.4 Å². The van der Waals surface area contributed by atoms with Crippen LogP contribution in [-0.2, 0) is 16.4 Å². The number of nitrogens with zero attached hydrogens (tertiary/aromatic N) is 2. The lowest BCUT2D eigenvalue weighted by molar-refractivity contribution is 0.0778. The summed E-state index contributed by atoms with van der Waals surface area (Å²) >= 11 is 0. The number of aromatic hydroxyl groups is 1. The van der Waals surface area contributed by atoms with Crippen molar-refractivity contribution < 1.29 is 23.1 Å². The van der Waals surface area contributed by atoms with E-state index in [1.807, 2.05) is 41.3 Å². The van der Waals surface area contributed by atoms with E-state index in [4.69, 9.17) is 0 Å². The van der Waals surface area contributed by atoms with Gasteiger partial charge in [-0.2, -0.15) is 0 Å². The van der Waals surface area contributed by atoms with Gasteiger partial charge in [-0.3, -0.25) is 14.3 Å². The molecule has 0 radical (unpaired) electrons. The molecular formula is C29H31N3O5S. The number of benzene rings is 3. The van der Waals surface area contributed by atoms with Crippen molar-refractivity contribution in [1.29, 1.82) is 0 Å². The molecule has 0 bridgehead atoms. The van der Waals surface area contributed by atoms with Crippen LogP contribution in [0.1, 0.15) is 46.5 Å². The lowest BCUT2D eigenvalue weighted by Gasteiger charge is -2.29. The molecule has 2 heterocycles. The van der Waals surface area contributed by atoms with Crippen LogP contribution in [0, 0.1) is 5.41 Å². The zero-order valence-corrected chi connectivity index (χ0v) is 22.5. The Morgan fingerprint density at radius 1 is 0.974 bits per heavy atom. The number of phenolic OH excluding ortho intramolecular Hbond substituents is 1. The standard InChI is InChI=1S/C29H31N3O5S/c1-29(2)13-15-31(18-29)27(34)20-6-4-19(5-7-20)21-8-10-24-22(16-21)12-14-32(28(24)35)23-9-11-26(33)25(17-23)30-38(3,36)37/h4-11,16-17,30,33H,12-15,18H2,1-3H3. The molecule has 2 amide bonds. The Kier molecular flexibility index (Phi) is 6.43. The van der Waals surface area contributed by atoms with Gasteiger partial charge in [0.2, 0.25) is 10.0 Å². The average Bonchev–Trinajstić information content (AvgIpc) is 3.24. The molecule has 198 valence electrons. The third kappa shape index (κ3) is 5.24. The predicted octanol–water partition coefficient (Wildman–Crippen LogP) is 4.51. The SMILES string of the molecule is CC1(C)CCN(C(=O)c2ccc(-c3ccc4c(c3)CCN(c3ccc(O)c(NS(C)(=O)=O)c3)C4=O)cc2)C1. The van der Waals surface area contributed by atoms with E-state index in [9.17, 15) is 23.1 Å². The number of amides is 2. The highest BCUT2D eigenvalue weighted by atomic mass is 32.2. The average molecular weight is 534 g/mol. The molecule has 0 unspecified atom stereocenters. The van der Waals surface area contributed by atoms with E-state index in [1.54, 1.807) is 17.0 Å². The molecule has 3 aromatic rings. The number of rotatable bonds is 5. The molecule has 0 spiro atoms. The largest absolute Gasteiger partial charge is 0.506 e. The van der Waals surface area contributed by atoms with Crippen LogP contribution in [0.3, 0.4) is 0 Å². The number of likely N-dealkylation sites (tertiary alicyclic amines) is 1. The highest BCUT2D eigenvalue weighted by molar-refractivity contribution is 7.92. The van der Waals surface area contributed by atoms with Gasteiger partial charge in [-0.1, -0.05) is 38.1 Å². The summed E-state index contributed by atoms with van der Waals surface area (Å²) < 4.78 is 25.5. The van der Waals surface area contributed by atoms with Gasteiger partial charge in [-0.25, -0.2) is 8.42 Å². The van der Waals surface area contributed by atoms with Crippen LogP contribution < -0.4 is 9.62 Å². The zero-order valence-electron chi connectivity index (χ0n) is 21.7. The van der Waals surface area contributed by atoms with Gasteiger partial charge in [0.15, 0.2) is 0 Å². The molecule has 9 heteroatoms. The number of nitrogens with one attached hydrogen (secondary N) is 1. The van der Waals surface area contributed by atoms with Gasteiger partial charge in [0.05, 0.1) is 11.9 Å². The summed E-state index contributed by atoms with van der Waals surface area (Å²) in [5, 5.41) is 10.0. The fourth-order valence-corrected chi connectivity index (χ4v) is 5.72. The third-order valence-electron chi connectivity index (χ3n) is 7.20. The van der Waals surface area contributed by atoms with Crippen molar-refractivity contribution >= 4 is 33.2 Å². The minimum Gasteiger partial charge on any atom is -0.506 e. The molecule has 0 aromatic heterocycles. The second-order valence-electron chi connectivity index (χ2n) is 10.9. The van der Waals surface area contributed by atoms with Gasteiger partial charge in [-0.05, 0) is 71.3 Å². The van der Waals surface area contributed by atoms with Crippen LogP contribution in [0.15, 0.2) is 60.7 Å². The summed E-state index contributed by atoms with van der Waals surface area (Å²) in [6.07, 6.45) is 2.62. The van der Waals surface area contributed by atoms with Crippen LogP contribution in [-0.4, -0.2) is 56.1 Å². The maximum Gasteiger partial charge on any atom is 0.258 e. The molecule has 2 aliphatic rings. The summed E-state index contributed by atoms with van der Waals surface area (Å²) in [5.74, 6) is -0.351. The van der Waals surface area contributed by atoms with Gasteiger partial charge in [0, 0.05) is 36.4 Å². The molecule has 2 aliphatic heterocycles. The number of phenols is 1. The van der Waals surface area contributed by atoms with E-state index in [-0.39, 0.29) is 28.7 Å². The van der Waals surface area contributed by atoms with Crippen molar-refractivity contribution in [2.75, 3.05) is 35.5 Å². The molecule has 8 nitrogen and oxygen atoms in total. The number of sulfonamides is 1. The smallest absolute Gasteiger partial charge is 0.258 e. The second kappa shape index (κ2) is 9.47. The number of hydrogen-bond donors (Lipinski definition) is 2. The molecule has 3 aromatic carbocycles. The Morgan fingerprint density at radius 3 is 2.34 bits per heavy atom. The van der Waals surface area contributed by atoms with E-state index >= 15 is 0 Å². The summed E-state index contributed by atoms with van der Waals surface area (Å²) in [6.45, 7) is 6.33. The van der Waals surface area contributed by atoms with Crippen LogP contribution in [0.25, 0.3) is 11.1 Å². The number of carbonyl (C=O) groups excluding carboxylic acids is 2. The monoisotopic (exact) mass is 533 g/mol. The molecule has 1 saturated heterocycles. The first-order valence-corrected chi connectivity index (χ1v) is 14.4. The van der Waals surface area contributed by atoms with Crippen molar-refractivity contribution in [2.24, 2.45) is 5.41 Å². The van der Waals surface area contributed by atoms with E-state index in [0.29, 0.717) is 29.8 Å². The molecular weight excluding hydrogens is 502 g/mol. The van der Waals surface area contributed by atoms with Crippen molar-refractivity contribution in [3.8, 4) is 16.9 Å². The van der Waals surface area contributed by atoms with Crippen molar-refractivity contribution in [3.05, 3.63) is 77.4 Å². The molecule has 38 heavy (non-hydrogen) atoms. The lowest BCUT2D eigenvalue weighted by Crippen LogP contribution is -2.37. The van der Waals surface area contributed by atoms with Crippen LogP contribution >= 0.6 is 0 Å². The van der Waals surface area contributed by atoms with E-state index < -0.39 is 10.0 Å². The summed E-state index contributed by atoms with van der Waals surface area (Å²) in [7, 11) is -3.59. The fraction of sp³-hybridized carbons (Fsp3) is 0.310. The van der Waals surface area contributed by atoms with E-state index in [2.05, 4.69) is 18.6 Å². The quantitative estimate of drug-likeness (QED) is 0.470. The molecule has 0 saturated carbocycles. The van der Waals surface area contributed by atoms with Gasteiger partial charge >= 0.3 is 0 Å². The van der Waals surface area contributed by atoms with Gasteiger partial charge < -0.3 is 14.9 Å². The molecule has 0 atom stereocenters. The maximum atomic E-state index is 13.3. The first kappa shape index (κ1) is 25.8. The minimum atomic E-state index is -3.59. The summed E-state index contributed by atoms with van der Waals surface area (Å²) in [5.41, 5.74) is 4.79. The van der Waals surface area contributed by atoms with Crippen molar-refractivity contribution in [1.82, 2.24) is 4.90 Å². The van der Waals surface area contributed by atoms with E-state index in [1.165, 1.54) is 12.1 Å².